The number of hydrogen-bond acceptors (Lipinski definition) is 2. The maximum atomic E-state index is 10.6. The van der Waals surface area contributed by atoms with Crippen LogP contribution in [0.4, 0.5) is 0 Å². The molecule has 0 bridgehead atoms. The Morgan fingerprint density at radius 1 is 1.38 bits per heavy atom. The fourth-order valence-corrected chi connectivity index (χ4v) is 1.45. The molecule has 0 spiro atoms. The topological polar surface area (TPSA) is 43.4 Å². The third-order valence-electron chi connectivity index (χ3n) is 2.06. The lowest BCUT2D eigenvalue weighted by Gasteiger charge is -2.26. The van der Waals surface area contributed by atoms with E-state index in [4.69, 9.17) is 0 Å². The Bertz CT molecular complexity index is 289. The van der Waals surface area contributed by atoms with Crippen molar-refractivity contribution in [3.05, 3.63) is 35.9 Å². The van der Waals surface area contributed by atoms with E-state index in [1.165, 1.54) is 4.31 Å². The molecule has 1 unspecified atom stereocenters. The van der Waals surface area contributed by atoms with Crippen LogP contribution in [0, 0.1) is 0 Å². The second-order valence-electron chi connectivity index (χ2n) is 2.85. The summed E-state index contributed by atoms with van der Waals surface area (Å²) in [4.78, 5) is 0. The predicted octanol–water partition coefficient (Wildman–Crippen LogP) is 1.47. The van der Waals surface area contributed by atoms with E-state index >= 15 is 0 Å². The van der Waals surface area contributed by atoms with E-state index in [1.54, 1.807) is 7.05 Å². The molecule has 0 fully saturated rings. The third-order valence-corrected chi connectivity index (χ3v) is 2.85. The van der Waals surface area contributed by atoms with Gasteiger partial charge in [0.25, 0.3) is 0 Å². The maximum Gasteiger partial charge on any atom is 0.0433 e. The van der Waals surface area contributed by atoms with Gasteiger partial charge < -0.3 is 4.55 Å². The van der Waals surface area contributed by atoms with Crippen LogP contribution in [0.3, 0.4) is 0 Å². The summed E-state index contributed by atoms with van der Waals surface area (Å²) in [7, 11) is 1.56. The molecule has 0 amide bonds. The molecule has 1 aromatic carbocycles. The minimum Gasteiger partial charge on any atom is -0.760 e. The van der Waals surface area contributed by atoms with E-state index in [0.717, 1.165) is 5.56 Å². The van der Waals surface area contributed by atoms with E-state index in [9.17, 15) is 8.76 Å². The fourth-order valence-electron chi connectivity index (χ4n) is 1.07. The molecule has 0 saturated carbocycles. The van der Waals surface area contributed by atoms with Crippen molar-refractivity contribution in [2.75, 3.05) is 7.05 Å². The zero-order chi connectivity index (χ0) is 9.84. The lowest BCUT2D eigenvalue weighted by Crippen LogP contribution is -2.24. The highest BCUT2D eigenvalue weighted by atomic mass is 32.2. The molecule has 0 aliphatic heterocycles. The molecular formula is C9H12NO2S-. The largest absolute Gasteiger partial charge is 0.760 e. The summed E-state index contributed by atoms with van der Waals surface area (Å²) in [6.45, 7) is 1.85. The smallest absolute Gasteiger partial charge is 0.0433 e. The molecule has 13 heavy (non-hydrogen) atoms. The molecule has 0 aliphatic rings. The minimum atomic E-state index is -2.16. The SMILES string of the molecule is C[C@@H](c1ccccc1)N(C)S(=O)[O-]. The van der Waals surface area contributed by atoms with E-state index in [2.05, 4.69) is 0 Å². The zero-order valence-corrected chi connectivity index (χ0v) is 8.45. The summed E-state index contributed by atoms with van der Waals surface area (Å²) < 4.78 is 22.6. The molecule has 0 saturated heterocycles. The average Bonchev–Trinajstić information content (AvgIpc) is 2.17. The van der Waals surface area contributed by atoms with Gasteiger partial charge in [0.2, 0.25) is 0 Å². The third kappa shape index (κ3) is 2.62. The van der Waals surface area contributed by atoms with Crippen molar-refractivity contribution in [2.24, 2.45) is 0 Å². The Morgan fingerprint density at radius 3 is 2.38 bits per heavy atom. The molecule has 0 radical (unpaired) electrons. The van der Waals surface area contributed by atoms with Gasteiger partial charge in [0, 0.05) is 17.3 Å². The summed E-state index contributed by atoms with van der Waals surface area (Å²) in [6.07, 6.45) is 0. The van der Waals surface area contributed by atoms with Crippen LogP contribution in [-0.2, 0) is 11.3 Å². The van der Waals surface area contributed by atoms with Gasteiger partial charge in [0.15, 0.2) is 0 Å². The molecule has 1 aromatic rings. The molecule has 0 aromatic heterocycles. The molecule has 1 rings (SSSR count). The fraction of sp³-hybridized carbons (Fsp3) is 0.333. The standard InChI is InChI=1S/C9H13NO2S/c1-8(10(2)13(11)12)9-6-4-3-5-7-9/h3-8H,1-2H3,(H,11,12)/p-1/t8-/m0/s1. The van der Waals surface area contributed by atoms with Gasteiger partial charge in [-0.05, 0) is 19.5 Å². The molecular weight excluding hydrogens is 186 g/mol. The van der Waals surface area contributed by atoms with Crippen LogP contribution < -0.4 is 0 Å². The van der Waals surface area contributed by atoms with Gasteiger partial charge in [-0.25, -0.2) is 4.31 Å². The Kier molecular flexibility index (Phi) is 3.59. The first-order valence-corrected chi connectivity index (χ1v) is 5.03. The summed E-state index contributed by atoms with van der Waals surface area (Å²) in [5, 5.41) is 0. The Morgan fingerprint density at radius 2 is 1.92 bits per heavy atom. The molecule has 0 N–H and O–H groups in total. The molecule has 2 atom stereocenters. The maximum absolute atomic E-state index is 10.6. The Hall–Kier alpha value is -0.710. The van der Waals surface area contributed by atoms with Crippen molar-refractivity contribution in [2.45, 2.75) is 13.0 Å². The normalized spacial score (nSPS) is 15.7. The van der Waals surface area contributed by atoms with Crippen molar-refractivity contribution in [3.63, 3.8) is 0 Å². The quantitative estimate of drug-likeness (QED) is 0.690. The Balaban J connectivity index is 2.79. The first-order valence-electron chi connectivity index (χ1n) is 4.00. The molecule has 4 heteroatoms. The van der Waals surface area contributed by atoms with Gasteiger partial charge in [0.1, 0.15) is 0 Å². The molecule has 0 aliphatic carbocycles. The van der Waals surface area contributed by atoms with Crippen molar-refractivity contribution < 1.29 is 8.76 Å². The number of benzene rings is 1. The van der Waals surface area contributed by atoms with Crippen LogP contribution in [0.25, 0.3) is 0 Å². The zero-order valence-electron chi connectivity index (χ0n) is 7.64. The first-order chi connectivity index (χ1) is 6.13. The van der Waals surface area contributed by atoms with E-state index < -0.39 is 11.3 Å². The lowest BCUT2D eigenvalue weighted by molar-refractivity contribution is 0.377. The van der Waals surface area contributed by atoms with Crippen LogP contribution in [-0.4, -0.2) is 20.1 Å². The van der Waals surface area contributed by atoms with Crippen molar-refractivity contribution >= 4 is 11.3 Å². The highest BCUT2D eigenvalue weighted by Gasteiger charge is 2.10. The van der Waals surface area contributed by atoms with Gasteiger partial charge in [-0.1, -0.05) is 30.3 Å². The van der Waals surface area contributed by atoms with Gasteiger partial charge in [-0.15, -0.1) is 0 Å². The van der Waals surface area contributed by atoms with Crippen molar-refractivity contribution in [1.82, 2.24) is 4.31 Å². The summed E-state index contributed by atoms with van der Waals surface area (Å²) >= 11 is -2.16. The first kappa shape index (κ1) is 10.4. The van der Waals surface area contributed by atoms with E-state index in [-0.39, 0.29) is 6.04 Å². The average molecular weight is 198 g/mol. The van der Waals surface area contributed by atoms with Crippen LogP contribution in [0.1, 0.15) is 18.5 Å². The molecule has 3 nitrogen and oxygen atoms in total. The molecule has 0 heterocycles. The second kappa shape index (κ2) is 4.50. The van der Waals surface area contributed by atoms with E-state index in [0.29, 0.717) is 0 Å². The van der Waals surface area contributed by atoms with Gasteiger partial charge in [0.05, 0.1) is 0 Å². The summed E-state index contributed by atoms with van der Waals surface area (Å²) in [6, 6.07) is 9.41. The van der Waals surface area contributed by atoms with Crippen LogP contribution in [0.5, 0.6) is 0 Å². The minimum absolute atomic E-state index is 0.112. The summed E-state index contributed by atoms with van der Waals surface area (Å²) in [5.74, 6) is 0. The second-order valence-corrected chi connectivity index (χ2v) is 3.86. The monoisotopic (exact) mass is 198 g/mol. The van der Waals surface area contributed by atoms with Crippen LogP contribution >= 0.6 is 0 Å². The highest BCUT2D eigenvalue weighted by Crippen LogP contribution is 2.18. The predicted molar refractivity (Wildman–Crippen MR) is 51.5 cm³/mol. The van der Waals surface area contributed by atoms with E-state index in [1.807, 2.05) is 37.3 Å². The number of nitrogens with zero attached hydrogens (tertiary/aromatic N) is 1. The highest BCUT2D eigenvalue weighted by molar-refractivity contribution is 7.76. The number of hydrogen-bond donors (Lipinski definition) is 0. The van der Waals surface area contributed by atoms with Gasteiger partial charge in [-0.2, -0.15) is 0 Å². The van der Waals surface area contributed by atoms with Crippen LogP contribution in [0.2, 0.25) is 0 Å². The Labute approximate surface area is 80.8 Å². The van der Waals surface area contributed by atoms with Crippen molar-refractivity contribution in [1.29, 1.82) is 0 Å². The van der Waals surface area contributed by atoms with Crippen molar-refractivity contribution in [3.8, 4) is 0 Å². The lowest BCUT2D eigenvalue weighted by atomic mass is 10.1. The number of rotatable bonds is 3. The van der Waals surface area contributed by atoms with Gasteiger partial charge in [-0.3, -0.25) is 4.21 Å². The summed E-state index contributed by atoms with van der Waals surface area (Å²) in [5.41, 5.74) is 0.995. The molecule has 72 valence electrons. The van der Waals surface area contributed by atoms with Crippen LogP contribution in [0.15, 0.2) is 30.3 Å². The van der Waals surface area contributed by atoms with Gasteiger partial charge >= 0.3 is 0 Å².